The van der Waals surface area contributed by atoms with Gasteiger partial charge in [-0.05, 0) is 83.1 Å². The van der Waals surface area contributed by atoms with Gasteiger partial charge >= 0.3 is 8.80 Å². The maximum atomic E-state index is 7.40. The van der Waals surface area contributed by atoms with Gasteiger partial charge in [0.2, 0.25) is 17.4 Å². The number of ether oxygens (including phenoxy) is 15. The Morgan fingerprint density at radius 2 is 0.643 bits per heavy atom. The Balaban J connectivity index is 1.16. The average molecular weight is 821 g/mol. The van der Waals surface area contributed by atoms with Crippen LogP contribution in [0.15, 0.2) is 0 Å². The lowest BCUT2D eigenvalue weighted by Gasteiger charge is -2.51. The van der Waals surface area contributed by atoms with Gasteiger partial charge in [-0.3, -0.25) is 0 Å². The highest BCUT2D eigenvalue weighted by atomic mass is 28.4. The van der Waals surface area contributed by atoms with E-state index in [0.717, 1.165) is 0 Å². The lowest BCUT2D eigenvalue weighted by atomic mass is 9.97. The third-order valence-corrected chi connectivity index (χ3v) is 13.5. The second kappa shape index (κ2) is 12.8. The molecule has 9 rings (SSSR count). The van der Waals surface area contributed by atoms with E-state index in [0.29, 0.717) is 0 Å². The van der Waals surface area contributed by atoms with Crippen molar-refractivity contribution in [2.24, 2.45) is 0 Å². The molecular weight excluding hydrogens is 760 g/mol. The molecule has 9 saturated heterocycles. The zero-order valence-electron chi connectivity index (χ0n) is 34.8. The Hall–Kier alpha value is -0.503. The summed E-state index contributed by atoms with van der Waals surface area (Å²) in [5, 5.41) is 0. The Morgan fingerprint density at radius 1 is 0.375 bits per heavy atom. The van der Waals surface area contributed by atoms with Gasteiger partial charge in [0.05, 0.1) is 19.8 Å². The highest BCUT2D eigenvalue weighted by Crippen LogP contribution is 2.52. The largest absolute Gasteiger partial charge is 0.499 e. The SMILES string of the molecule is CC1(C)O[C@@H]2[C@@H](CO[C@]3(COC(C)(C)O3)[C@H]2O[Si](C)(O[C@H]2[C@@H]3OC(C)(C)O[C@@H]3CO[C@]23COC(C)(C)O3)O[C@H]2[C@@H]3OC(C)(C)O[C@@H]3CO[C@]23COC(C)(C)O3)O1. The topological polar surface area (TPSA) is 166 Å². The van der Waals surface area contributed by atoms with Crippen molar-refractivity contribution in [1.82, 2.24) is 0 Å². The maximum absolute atomic E-state index is 7.40. The zero-order chi connectivity index (χ0) is 40.2. The van der Waals surface area contributed by atoms with Crippen molar-refractivity contribution in [1.29, 1.82) is 0 Å². The van der Waals surface area contributed by atoms with E-state index in [1.807, 2.05) is 83.1 Å². The predicted molar refractivity (Wildman–Crippen MR) is 187 cm³/mol. The monoisotopic (exact) mass is 820 g/mol. The number of hydrogen-bond acceptors (Lipinski definition) is 18. The van der Waals surface area contributed by atoms with Gasteiger partial charge in [0, 0.05) is 6.55 Å². The van der Waals surface area contributed by atoms with Crippen LogP contribution in [0.5, 0.6) is 0 Å². The predicted octanol–water partition coefficient (Wildman–Crippen LogP) is 2.80. The van der Waals surface area contributed by atoms with Crippen molar-refractivity contribution < 1.29 is 84.3 Å². The summed E-state index contributed by atoms with van der Waals surface area (Å²) >= 11 is 0. The minimum atomic E-state index is -4.30. The Morgan fingerprint density at radius 3 is 0.875 bits per heavy atom. The van der Waals surface area contributed by atoms with E-state index in [4.69, 9.17) is 84.3 Å². The summed E-state index contributed by atoms with van der Waals surface area (Å²) in [7, 11) is -4.30. The highest BCUT2D eigenvalue weighted by Gasteiger charge is 2.71. The zero-order valence-corrected chi connectivity index (χ0v) is 35.8. The van der Waals surface area contributed by atoms with Crippen molar-refractivity contribution >= 4 is 8.80 Å². The van der Waals surface area contributed by atoms with Crippen LogP contribution in [-0.4, -0.2) is 155 Å². The first-order valence-electron chi connectivity index (χ1n) is 19.8. The van der Waals surface area contributed by atoms with Crippen LogP contribution in [0.25, 0.3) is 0 Å². The lowest BCUT2D eigenvalue weighted by Crippen LogP contribution is -2.72. The van der Waals surface area contributed by atoms with Crippen LogP contribution in [-0.2, 0) is 84.3 Å². The van der Waals surface area contributed by atoms with Crippen molar-refractivity contribution in [2.75, 3.05) is 39.6 Å². The molecule has 9 aliphatic heterocycles. The van der Waals surface area contributed by atoms with Gasteiger partial charge in [-0.15, -0.1) is 0 Å². The Kier molecular flexibility index (Phi) is 9.32. The first-order chi connectivity index (χ1) is 25.8. The first kappa shape index (κ1) is 40.9. The Labute approximate surface area is 329 Å². The van der Waals surface area contributed by atoms with Crippen LogP contribution < -0.4 is 0 Å². The van der Waals surface area contributed by atoms with Crippen LogP contribution in [0.2, 0.25) is 6.55 Å². The molecule has 9 aliphatic rings. The third kappa shape index (κ3) is 7.16. The normalized spacial score (nSPS) is 49.1. The molecule has 56 heavy (non-hydrogen) atoms. The molecule has 0 unspecified atom stereocenters. The van der Waals surface area contributed by atoms with Crippen molar-refractivity contribution in [3.63, 3.8) is 0 Å². The molecule has 9 fully saturated rings. The van der Waals surface area contributed by atoms with E-state index in [-0.39, 0.29) is 39.6 Å². The van der Waals surface area contributed by atoms with E-state index in [1.165, 1.54) is 0 Å². The lowest BCUT2D eigenvalue weighted by molar-refractivity contribution is -0.348. The second-order valence-corrected chi connectivity index (χ2v) is 21.6. The molecule has 0 bridgehead atoms. The van der Waals surface area contributed by atoms with Crippen LogP contribution >= 0.6 is 0 Å². The Bertz CT molecular complexity index is 1360. The summed E-state index contributed by atoms with van der Waals surface area (Å²) in [6, 6.07) is 0. The molecule has 0 N–H and O–H groups in total. The van der Waals surface area contributed by atoms with Gasteiger partial charge in [0.1, 0.15) is 74.8 Å². The number of hydrogen-bond donors (Lipinski definition) is 0. The summed E-state index contributed by atoms with van der Waals surface area (Å²) in [5.74, 6) is -10.3. The fraction of sp³-hybridized carbons (Fsp3) is 1.00. The van der Waals surface area contributed by atoms with Gasteiger partial charge in [-0.1, -0.05) is 0 Å². The summed E-state index contributed by atoms with van der Waals surface area (Å²) in [6.07, 6.45) is -6.71. The summed E-state index contributed by atoms with van der Waals surface area (Å²) in [4.78, 5) is 0. The molecule has 9 heterocycles. The molecule has 19 heteroatoms. The smallest absolute Gasteiger partial charge is 0.362 e. The first-order valence-corrected chi connectivity index (χ1v) is 22.0. The van der Waals surface area contributed by atoms with Crippen molar-refractivity contribution in [3.05, 3.63) is 0 Å². The van der Waals surface area contributed by atoms with Gasteiger partial charge < -0.3 is 84.3 Å². The summed E-state index contributed by atoms with van der Waals surface area (Å²) < 4.78 is 119. The molecule has 12 atom stereocenters. The number of fused-ring (bicyclic) bond motifs is 3. The molecule has 0 amide bonds. The van der Waals surface area contributed by atoms with Crippen LogP contribution in [0.1, 0.15) is 83.1 Å². The highest BCUT2D eigenvalue weighted by molar-refractivity contribution is 6.59. The fourth-order valence-electron chi connectivity index (χ4n) is 9.54. The quantitative estimate of drug-likeness (QED) is 0.359. The third-order valence-electron chi connectivity index (χ3n) is 11.5. The van der Waals surface area contributed by atoms with E-state index in [2.05, 4.69) is 0 Å². The minimum Gasteiger partial charge on any atom is -0.362 e. The van der Waals surface area contributed by atoms with Gasteiger partial charge in [0.15, 0.2) is 34.7 Å². The van der Waals surface area contributed by atoms with Crippen LogP contribution in [0, 0.1) is 0 Å². The standard InChI is InChI=1S/C37H60O18Si/c1-29(2)41-17-35(53-29)26(23-20(14-38-35)44-32(7,8)47-23)50-56(13,51-27-24-21(45-33(9,10)48-24)15-39-36(27)18-42-30(3,4)54-36)52-28-25-22(46-34(11,12)49-25)16-40-37(28)19-43-31(5,6)55-37/h20-28H,14-19H2,1-13H3/t20-,21-,22-,23-,24-,25-,26+,27+,28+,35+,36+,37+/m1/s1. The molecule has 0 aliphatic carbocycles. The van der Waals surface area contributed by atoms with E-state index < -0.39 is 116 Å². The molecule has 0 saturated carbocycles. The van der Waals surface area contributed by atoms with Crippen LogP contribution in [0.3, 0.4) is 0 Å². The van der Waals surface area contributed by atoms with Gasteiger partial charge in [-0.2, -0.15) is 0 Å². The van der Waals surface area contributed by atoms with Gasteiger partial charge in [0.25, 0.3) is 0 Å². The van der Waals surface area contributed by atoms with E-state index >= 15 is 0 Å². The van der Waals surface area contributed by atoms with Crippen molar-refractivity contribution in [2.45, 2.75) is 197 Å². The molecule has 3 spiro atoms. The van der Waals surface area contributed by atoms with Crippen LogP contribution in [0.4, 0.5) is 0 Å². The number of rotatable bonds is 6. The molecule has 320 valence electrons. The summed E-state index contributed by atoms with van der Waals surface area (Å²) in [5.41, 5.74) is 0. The average Bonchev–Trinajstić information content (AvgIpc) is 3.87. The molecule has 0 aromatic heterocycles. The molecule has 0 aromatic carbocycles. The molecule has 0 aromatic rings. The second-order valence-electron chi connectivity index (χ2n) is 19.1. The van der Waals surface area contributed by atoms with E-state index in [1.54, 1.807) is 6.55 Å². The molecule has 0 radical (unpaired) electrons. The van der Waals surface area contributed by atoms with E-state index in [9.17, 15) is 0 Å². The molecular formula is C37H60O18Si. The maximum Gasteiger partial charge on any atom is 0.499 e. The fourth-order valence-corrected chi connectivity index (χ4v) is 12.0. The minimum absolute atomic E-state index is 0.0249. The summed E-state index contributed by atoms with van der Waals surface area (Å²) in [6.45, 7) is 24.3. The molecule has 18 nitrogen and oxygen atoms in total. The van der Waals surface area contributed by atoms with Crippen molar-refractivity contribution in [3.8, 4) is 0 Å². The van der Waals surface area contributed by atoms with Gasteiger partial charge in [-0.25, -0.2) is 0 Å².